The molecule has 1 unspecified atom stereocenters. The van der Waals surface area contributed by atoms with Crippen molar-refractivity contribution in [1.82, 2.24) is 0 Å². The second-order valence-electron chi connectivity index (χ2n) is 3.82. The molecule has 92 valence electrons. The number of hydrogen-bond acceptors (Lipinski definition) is 4. The molecule has 0 aliphatic heterocycles. The third-order valence-corrected chi connectivity index (χ3v) is 3.42. The van der Waals surface area contributed by atoms with Gasteiger partial charge in [0.15, 0.2) is 5.78 Å². The van der Waals surface area contributed by atoms with Crippen LogP contribution in [0.4, 0.5) is 0 Å². The SMILES string of the molecule is COC(=O)C(C)C(=O)CSc1cccc(C)c1. The van der Waals surface area contributed by atoms with Gasteiger partial charge in [-0.05, 0) is 26.0 Å². The molecule has 0 bridgehead atoms. The number of carbonyl (C=O) groups is 2. The average molecular weight is 252 g/mol. The Labute approximate surface area is 106 Å². The lowest BCUT2D eigenvalue weighted by atomic mass is 10.1. The van der Waals surface area contributed by atoms with Gasteiger partial charge in [-0.3, -0.25) is 9.59 Å². The predicted octanol–water partition coefficient (Wildman–Crippen LogP) is 2.47. The van der Waals surface area contributed by atoms with Gasteiger partial charge in [0.2, 0.25) is 0 Å². The minimum atomic E-state index is -0.683. The van der Waals surface area contributed by atoms with Crippen LogP contribution in [0.2, 0.25) is 0 Å². The number of aryl methyl sites for hydroxylation is 1. The van der Waals surface area contributed by atoms with Crippen molar-refractivity contribution in [2.45, 2.75) is 18.7 Å². The lowest BCUT2D eigenvalue weighted by molar-refractivity contribution is -0.147. The van der Waals surface area contributed by atoms with Crippen molar-refractivity contribution in [1.29, 1.82) is 0 Å². The highest BCUT2D eigenvalue weighted by molar-refractivity contribution is 8.00. The second-order valence-corrected chi connectivity index (χ2v) is 4.87. The number of rotatable bonds is 5. The minimum absolute atomic E-state index is 0.108. The van der Waals surface area contributed by atoms with Crippen LogP contribution in [0.5, 0.6) is 0 Å². The number of carbonyl (C=O) groups excluding carboxylic acids is 2. The minimum Gasteiger partial charge on any atom is -0.468 e. The molecule has 0 amide bonds. The summed E-state index contributed by atoms with van der Waals surface area (Å²) in [6, 6.07) is 7.92. The summed E-state index contributed by atoms with van der Waals surface area (Å²) in [5, 5.41) is 0. The van der Waals surface area contributed by atoms with Crippen molar-refractivity contribution in [2.24, 2.45) is 5.92 Å². The number of thioether (sulfide) groups is 1. The number of Topliss-reactive ketones (excluding diaryl/α,β-unsaturated/α-hetero) is 1. The zero-order valence-electron chi connectivity index (χ0n) is 10.2. The molecule has 3 nitrogen and oxygen atoms in total. The first kappa shape index (κ1) is 13.8. The van der Waals surface area contributed by atoms with E-state index in [0.29, 0.717) is 5.75 Å². The van der Waals surface area contributed by atoms with Crippen molar-refractivity contribution in [2.75, 3.05) is 12.9 Å². The maximum absolute atomic E-state index is 11.7. The third kappa shape index (κ3) is 4.23. The Hall–Kier alpha value is -1.29. The Morgan fingerprint density at radius 1 is 1.41 bits per heavy atom. The molecule has 0 saturated carbocycles. The fourth-order valence-corrected chi connectivity index (χ4v) is 2.30. The number of ketones is 1. The van der Waals surface area contributed by atoms with E-state index >= 15 is 0 Å². The van der Waals surface area contributed by atoms with E-state index in [2.05, 4.69) is 4.74 Å². The average Bonchev–Trinajstić information content (AvgIpc) is 2.34. The molecule has 0 heterocycles. The molecule has 0 spiro atoms. The van der Waals surface area contributed by atoms with Crippen molar-refractivity contribution in [3.05, 3.63) is 29.8 Å². The topological polar surface area (TPSA) is 43.4 Å². The fraction of sp³-hybridized carbons (Fsp3) is 0.385. The summed E-state index contributed by atoms with van der Waals surface area (Å²) in [5.74, 6) is -0.972. The third-order valence-electron chi connectivity index (χ3n) is 2.41. The van der Waals surface area contributed by atoms with Crippen LogP contribution in [-0.2, 0) is 14.3 Å². The van der Waals surface area contributed by atoms with E-state index in [4.69, 9.17) is 0 Å². The highest BCUT2D eigenvalue weighted by Crippen LogP contribution is 2.20. The molecule has 0 radical (unpaired) electrons. The van der Waals surface area contributed by atoms with Crippen LogP contribution in [0.25, 0.3) is 0 Å². The number of hydrogen-bond donors (Lipinski definition) is 0. The van der Waals surface area contributed by atoms with E-state index in [0.717, 1.165) is 10.5 Å². The molecular weight excluding hydrogens is 236 g/mol. The fourth-order valence-electron chi connectivity index (χ4n) is 1.29. The van der Waals surface area contributed by atoms with Crippen LogP contribution in [-0.4, -0.2) is 24.6 Å². The second kappa shape index (κ2) is 6.45. The standard InChI is InChI=1S/C13H16O3S/c1-9-5-4-6-11(7-9)17-8-12(14)10(2)13(15)16-3/h4-7,10H,8H2,1-3H3. The zero-order valence-corrected chi connectivity index (χ0v) is 11.0. The maximum atomic E-state index is 11.7. The summed E-state index contributed by atoms with van der Waals surface area (Å²) in [6.07, 6.45) is 0. The molecule has 0 aliphatic carbocycles. The van der Waals surface area contributed by atoms with Crippen LogP contribution in [0.3, 0.4) is 0 Å². The highest BCUT2D eigenvalue weighted by Gasteiger charge is 2.21. The molecule has 0 fully saturated rings. The molecule has 0 N–H and O–H groups in total. The van der Waals surface area contributed by atoms with Gasteiger partial charge in [0.1, 0.15) is 5.92 Å². The molecule has 0 aromatic heterocycles. The highest BCUT2D eigenvalue weighted by atomic mass is 32.2. The summed E-state index contributed by atoms with van der Waals surface area (Å²) < 4.78 is 4.54. The number of ether oxygens (including phenoxy) is 1. The van der Waals surface area contributed by atoms with Gasteiger partial charge >= 0.3 is 5.97 Å². The summed E-state index contributed by atoms with van der Waals surface area (Å²) >= 11 is 1.44. The molecular formula is C13H16O3S. The van der Waals surface area contributed by atoms with E-state index in [-0.39, 0.29) is 5.78 Å². The van der Waals surface area contributed by atoms with Gasteiger partial charge in [-0.2, -0.15) is 0 Å². The van der Waals surface area contributed by atoms with Gasteiger partial charge in [-0.15, -0.1) is 11.8 Å². The summed E-state index contributed by atoms with van der Waals surface area (Å²) in [4.78, 5) is 23.9. The normalized spacial score (nSPS) is 11.9. The van der Waals surface area contributed by atoms with Crippen LogP contribution in [0.1, 0.15) is 12.5 Å². The van der Waals surface area contributed by atoms with E-state index < -0.39 is 11.9 Å². The number of methoxy groups -OCH3 is 1. The van der Waals surface area contributed by atoms with Crippen LogP contribution >= 0.6 is 11.8 Å². The predicted molar refractivity (Wildman–Crippen MR) is 68.1 cm³/mol. The van der Waals surface area contributed by atoms with E-state index in [1.54, 1.807) is 6.92 Å². The van der Waals surface area contributed by atoms with E-state index in [1.807, 2.05) is 31.2 Å². The summed E-state index contributed by atoms with van der Waals surface area (Å²) in [6.45, 7) is 3.58. The van der Waals surface area contributed by atoms with Gasteiger partial charge in [0.25, 0.3) is 0 Å². The molecule has 1 atom stereocenters. The summed E-state index contributed by atoms with van der Waals surface area (Å²) in [7, 11) is 1.29. The Bertz CT molecular complexity index is 415. The first-order valence-electron chi connectivity index (χ1n) is 5.34. The number of benzene rings is 1. The molecule has 1 aromatic carbocycles. The zero-order chi connectivity index (χ0) is 12.8. The Morgan fingerprint density at radius 3 is 2.71 bits per heavy atom. The molecule has 0 saturated heterocycles. The lowest BCUT2D eigenvalue weighted by Crippen LogP contribution is -2.23. The van der Waals surface area contributed by atoms with Crippen molar-refractivity contribution < 1.29 is 14.3 Å². The molecule has 4 heteroatoms. The van der Waals surface area contributed by atoms with Crippen LogP contribution in [0.15, 0.2) is 29.2 Å². The first-order valence-corrected chi connectivity index (χ1v) is 6.33. The molecule has 0 aliphatic rings. The van der Waals surface area contributed by atoms with Crippen molar-refractivity contribution in [3.8, 4) is 0 Å². The number of esters is 1. The molecule has 1 rings (SSSR count). The Morgan fingerprint density at radius 2 is 2.12 bits per heavy atom. The van der Waals surface area contributed by atoms with Crippen LogP contribution in [0, 0.1) is 12.8 Å². The van der Waals surface area contributed by atoms with Gasteiger partial charge in [-0.25, -0.2) is 0 Å². The Kier molecular flexibility index (Phi) is 5.22. The smallest absolute Gasteiger partial charge is 0.315 e. The summed E-state index contributed by atoms with van der Waals surface area (Å²) in [5.41, 5.74) is 1.16. The van der Waals surface area contributed by atoms with E-state index in [9.17, 15) is 9.59 Å². The van der Waals surface area contributed by atoms with Crippen molar-refractivity contribution in [3.63, 3.8) is 0 Å². The van der Waals surface area contributed by atoms with Gasteiger partial charge in [0, 0.05) is 4.90 Å². The van der Waals surface area contributed by atoms with E-state index in [1.165, 1.54) is 18.9 Å². The van der Waals surface area contributed by atoms with Gasteiger partial charge in [0.05, 0.1) is 12.9 Å². The largest absolute Gasteiger partial charge is 0.468 e. The maximum Gasteiger partial charge on any atom is 0.315 e. The Balaban J connectivity index is 2.51. The molecule has 1 aromatic rings. The lowest BCUT2D eigenvalue weighted by Gasteiger charge is -2.07. The molecule has 17 heavy (non-hydrogen) atoms. The van der Waals surface area contributed by atoms with Gasteiger partial charge < -0.3 is 4.74 Å². The first-order chi connectivity index (χ1) is 8.04. The van der Waals surface area contributed by atoms with Gasteiger partial charge in [-0.1, -0.05) is 17.7 Å². The quantitative estimate of drug-likeness (QED) is 0.459. The van der Waals surface area contributed by atoms with Crippen molar-refractivity contribution >= 4 is 23.5 Å². The monoisotopic (exact) mass is 252 g/mol. The van der Waals surface area contributed by atoms with Crippen LogP contribution < -0.4 is 0 Å².